The molecule has 0 aromatic carbocycles. The molecule has 0 radical (unpaired) electrons. The van der Waals surface area contributed by atoms with Crippen LogP contribution in [-0.4, -0.2) is 17.9 Å². The van der Waals surface area contributed by atoms with E-state index in [-0.39, 0.29) is 39.7 Å². The summed E-state index contributed by atoms with van der Waals surface area (Å²) < 4.78 is 5.65. The molecule has 0 unspecified atom stereocenters. The Kier molecular flexibility index (Phi) is 3.56. The van der Waals surface area contributed by atoms with Crippen LogP contribution < -0.4 is 0 Å². The average molecular weight is 320 g/mol. The van der Waals surface area contributed by atoms with E-state index in [0.717, 1.165) is 38.5 Å². The van der Waals surface area contributed by atoms with Gasteiger partial charge in [-0.1, -0.05) is 34.6 Å². The lowest BCUT2D eigenvalue weighted by Crippen LogP contribution is -2.62. The van der Waals surface area contributed by atoms with E-state index in [0.29, 0.717) is 5.78 Å². The molecule has 1 spiro atoms. The Morgan fingerprint density at radius 2 is 1.70 bits per heavy atom. The van der Waals surface area contributed by atoms with Gasteiger partial charge in [-0.15, -0.1) is 0 Å². The van der Waals surface area contributed by atoms with E-state index in [1.807, 2.05) is 0 Å². The third-order valence-electron chi connectivity index (χ3n) is 6.56. The fraction of sp³-hybridized carbons (Fsp3) is 0.900. The van der Waals surface area contributed by atoms with Crippen LogP contribution in [-0.2, 0) is 14.3 Å². The van der Waals surface area contributed by atoms with E-state index >= 15 is 0 Å². The SMILES string of the molecule is CC(=O)O[C@@H]1CC(C)(C)C[C@@]2(C1)C[C@@]1(C)CC(=O)[C@H]2C(C)(C)C1. The summed E-state index contributed by atoms with van der Waals surface area (Å²) in [6, 6.07) is 0. The first-order chi connectivity index (χ1) is 10.4. The topological polar surface area (TPSA) is 43.4 Å². The molecular formula is C20H32O3. The largest absolute Gasteiger partial charge is 0.463 e. The van der Waals surface area contributed by atoms with Crippen LogP contribution in [0.25, 0.3) is 0 Å². The number of esters is 1. The zero-order valence-corrected chi connectivity index (χ0v) is 15.6. The van der Waals surface area contributed by atoms with Crippen LogP contribution in [0.3, 0.4) is 0 Å². The number of carbonyl (C=O) groups is 2. The minimum atomic E-state index is -0.194. The Balaban J connectivity index is 2.01. The van der Waals surface area contributed by atoms with Gasteiger partial charge in [-0.2, -0.15) is 0 Å². The lowest BCUT2D eigenvalue weighted by molar-refractivity contribution is -0.192. The van der Waals surface area contributed by atoms with Gasteiger partial charge in [0.05, 0.1) is 0 Å². The molecule has 0 heterocycles. The number of ether oxygens (including phenoxy) is 1. The van der Waals surface area contributed by atoms with E-state index in [2.05, 4.69) is 34.6 Å². The second-order valence-corrected chi connectivity index (χ2v) is 10.6. The van der Waals surface area contributed by atoms with Crippen molar-refractivity contribution in [2.75, 3.05) is 0 Å². The van der Waals surface area contributed by atoms with Gasteiger partial charge in [0.2, 0.25) is 0 Å². The molecule has 23 heavy (non-hydrogen) atoms. The smallest absolute Gasteiger partial charge is 0.302 e. The van der Waals surface area contributed by atoms with Gasteiger partial charge in [0, 0.05) is 19.3 Å². The molecule has 3 nitrogen and oxygen atoms in total. The Labute approximate surface area is 140 Å². The fourth-order valence-corrected chi connectivity index (χ4v) is 7.38. The van der Waals surface area contributed by atoms with Crippen molar-refractivity contribution >= 4 is 11.8 Å². The minimum absolute atomic E-state index is 0.00764. The van der Waals surface area contributed by atoms with Crippen LogP contribution in [0.15, 0.2) is 0 Å². The van der Waals surface area contributed by atoms with Crippen LogP contribution >= 0.6 is 0 Å². The lowest BCUT2D eigenvalue weighted by atomic mass is 9.38. The van der Waals surface area contributed by atoms with Crippen molar-refractivity contribution in [3.05, 3.63) is 0 Å². The molecular weight excluding hydrogens is 288 g/mol. The van der Waals surface area contributed by atoms with Gasteiger partial charge >= 0.3 is 5.97 Å². The van der Waals surface area contributed by atoms with Crippen molar-refractivity contribution in [2.24, 2.45) is 27.6 Å². The quantitative estimate of drug-likeness (QED) is 0.667. The Morgan fingerprint density at radius 1 is 1.04 bits per heavy atom. The van der Waals surface area contributed by atoms with E-state index in [1.165, 1.54) is 6.92 Å². The second-order valence-electron chi connectivity index (χ2n) is 10.6. The summed E-state index contributed by atoms with van der Waals surface area (Å²) in [6.45, 7) is 12.9. The zero-order chi connectivity index (χ0) is 17.3. The first-order valence-corrected chi connectivity index (χ1v) is 9.07. The van der Waals surface area contributed by atoms with Crippen LogP contribution in [0.4, 0.5) is 0 Å². The highest BCUT2D eigenvalue weighted by Gasteiger charge is 2.65. The highest BCUT2D eigenvalue weighted by molar-refractivity contribution is 5.85. The maximum atomic E-state index is 13.0. The zero-order valence-electron chi connectivity index (χ0n) is 15.6. The molecule has 0 amide bonds. The number of ketones is 1. The van der Waals surface area contributed by atoms with Gasteiger partial charge < -0.3 is 4.74 Å². The van der Waals surface area contributed by atoms with Crippen LogP contribution in [0, 0.1) is 27.6 Å². The first-order valence-electron chi connectivity index (χ1n) is 9.07. The predicted octanol–water partition coefficient (Wildman–Crippen LogP) is 4.53. The Hall–Kier alpha value is -0.860. The van der Waals surface area contributed by atoms with Crippen LogP contribution in [0.1, 0.15) is 80.1 Å². The normalized spacial score (nSPS) is 44.3. The first kappa shape index (κ1) is 17.0. The molecule has 0 aliphatic heterocycles. The summed E-state index contributed by atoms with van der Waals surface area (Å²) in [6.07, 6.45) is 5.80. The summed E-state index contributed by atoms with van der Waals surface area (Å²) in [5.41, 5.74) is 0.288. The van der Waals surface area contributed by atoms with Crippen molar-refractivity contribution in [3.8, 4) is 0 Å². The lowest BCUT2D eigenvalue weighted by Gasteiger charge is -2.65. The highest BCUT2D eigenvalue weighted by Crippen LogP contribution is 2.69. The van der Waals surface area contributed by atoms with Gasteiger partial charge in [-0.05, 0) is 53.8 Å². The molecule has 4 saturated carbocycles. The van der Waals surface area contributed by atoms with Crippen molar-refractivity contribution in [1.29, 1.82) is 0 Å². The molecule has 0 saturated heterocycles. The van der Waals surface area contributed by atoms with Gasteiger partial charge in [0.25, 0.3) is 0 Å². The van der Waals surface area contributed by atoms with E-state index in [4.69, 9.17) is 4.74 Å². The third kappa shape index (κ3) is 2.85. The fourth-order valence-electron chi connectivity index (χ4n) is 7.38. The summed E-state index contributed by atoms with van der Waals surface area (Å²) in [4.78, 5) is 24.5. The summed E-state index contributed by atoms with van der Waals surface area (Å²) in [7, 11) is 0. The van der Waals surface area contributed by atoms with Gasteiger partial charge in [0.1, 0.15) is 11.9 Å². The average Bonchev–Trinajstić information content (AvgIpc) is 2.17. The number of hydrogen-bond donors (Lipinski definition) is 0. The number of carbonyl (C=O) groups excluding carboxylic acids is 2. The molecule has 2 bridgehead atoms. The number of hydrogen-bond acceptors (Lipinski definition) is 3. The van der Waals surface area contributed by atoms with E-state index < -0.39 is 0 Å². The molecule has 0 aromatic rings. The van der Waals surface area contributed by atoms with Gasteiger partial charge in [0.15, 0.2) is 0 Å². The van der Waals surface area contributed by atoms with Crippen LogP contribution in [0.5, 0.6) is 0 Å². The van der Waals surface area contributed by atoms with Crippen molar-refractivity contribution < 1.29 is 14.3 Å². The minimum Gasteiger partial charge on any atom is -0.463 e. The molecule has 4 aliphatic rings. The molecule has 4 fully saturated rings. The van der Waals surface area contributed by atoms with Gasteiger partial charge in [-0.3, -0.25) is 9.59 Å². The maximum Gasteiger partial charge on any atom is 0.302 e. The third-order valence-corrected chi connectivity index (χ3v) is 6.56. The van der Waals surface area contributed by atoms with E-state index in [1.54, 1.807) is 0 Å². The second kappa shape index (κ2) is 4.83. The Bertz CT molecular complexity index is 540. The van der Waals surface area contributed by atoms with Crippen molar-refractivity contribution in [1.82, 2.24) is 0 Å². The van der Waals surface area contributed by atoms with Crippen LogP contribution in [0.2, 0.25) is 0 Å². The number of rotatable bonds is 1. The highest BCUT2D eigenvalue weighted by atomic mass is 16.5. The molecule has 4 rings (SSSR count). The molecule has 0 N–H and O–H groups in total. The predicted molar refractivity (Wildman–Crippen MR) is 89.9 cm³/mol. The van der Waals surface area contributed by atoms with Crippen molar-refractivity contribution in [3.63, 3.8) is 0 Å². The summed E-state index contributed by atoms with van der Waals surface area (Å²) in [5.74, 6) is 0.379. The Morgan fingerprint density at radius 3 is 2.22 bits per heavy atom. The van der Waals surface area contributed by atoms with Crippen molar-refractivity contribution in [2.45, 2.75) is 86.2 Å². The number of Topliss-reactive ketones (excluding diaryl/α,β-unsaturated/α-hetero) is 1. The summed E-state index contributed by atoms with van der Waals surface area (Å²) in [5, 5.41) is 0. The summed E-state index contributed by atoms with van der Waals surface area (Å²) >= 11 is 0. The number of fused-ring (bicyclic) bond motifs is 2. The molecule has 4 atom stereocenters. The molecule has 130 valence electrons. The van der Waals surface area contributed by atoms with E-state index in [9.17, 15) is 9.59 Å². The molecule has 4 aliphatic carbocycles. The monoisotopic (exact) mass is 320 g/mol. The molecule has 3 heteroatoms. The van der Waals surface area contributed by atoms with Gasteiger partial charge in [-0.25, -0.2) is 0 Å². The maximum absolute atomic E-state index is 13.0. The molecule has 0 aromatic heterocycles. The standard InChI is InChI=1S/C20H32O3/c1-13(21)23-14-7-17(2,3)10-20(8-14)12-19(6)9-15(22)16(20)18(4,5)11-19/h14,16H,7-12H2,1-6H3/t14-,16+,19+,20+/m1/s1.